The molecule has 0 amide bonds. The molecule has 0 atom stereocenters. The number of para-hydroxylation sites is 1. The smallest absolute Gasteiger partial charge is 0.327 e. The molecule has 1 aromatic carbocycles. The summed E-state index contributed by atoms with van der Waals surface area (Å²) >= 11 is 0. The summed E-state index contributed by atoms with van der Waals surface area (Å²) < 4.78 is 11.1. The van der Waals surface area contributed by atoms with Crippen LogP contribution >= 0.6 is 0 Å². The summed E-state index contributed by atoms with van der Waals surface area (Å²) in [5.41, 5.74) is 7.07. The normalized spacial score (nSPS) is 10.2. The Morgan fingerprint density at radius 3 is 2.71 bits per heavy atom. The number of carbonyl (C=O) groups is 2. The van der Waals surface area contributed by atoms with Gasteiger partial charge in [0, 0.05) is 5.56 Å². The highest BCUT2D eigenvalue weighted by molar-refractivity contribution is 5.93. The number of methoxy groups -OCH3 is 2. The van der Waals surface area contributed by atoms with E-state index in [1.165, 1.54) is 18.9 Å². The number of nitrogen functional groups attached to an aromatic ring is 1. The number of hydrogen-bond acceptors (Lipinski definition) is 6. The Labute approximate surface area is 121 Å². The van der Waals surface area contributed by atoms with Crippen LogP contribution in [0.3, 0.4) is 0 Å². The molecule has 0 aliphatic heterocycles. The van der Waals surface area contributed by atoms with E-state index in [-0.39, 0.29) is 17.9 Å². The number of hydrogen-bond donors (Lipinski definition) is 1. The highest BCUT2D eigenvalue weighted by atomic mass is 16.5. The Kier molecular flexibility index (Phi) is 4.22. The summed E-state index contributed by atoms with van der Waals surface area (Å²) in [6, 6.07) is 7.11. The number of ether oxygens (including phenoxy) is 2. The fraction of sp³-hybridized carbons (Fsp3) is 0.214. The third kappa shape index (κ3) is 2.71. The third-order valence-electron chi connectivity index (χ3n) is 3.02. The molecule has 0 aliphatic rings. The molecule has 2 aromatic rings. The van der Waals surface area contributed by atoms with E-state index in [9.17, 15) is 9.59 Å². The van der Waals surface area contributed by atoms with Crippen molar-refractivity contribution in [1.29, 1.82) is 0 Å². The first-order chi connectivity index (χ1) is 10.1. The molecule has 0 radical (unpaired) electrons. The lowest BCUT2D eigenvalue weighted by Crippen LogP contribution is -2.14. The number of esters is 1. The molecule has 0 saturated heterocycles. The minimum absolute atomic E-state index is 0.108. The zero-order chi connectivity index (χ0) is 15.4. The quantitative estimate of drug-likeness (QED) is 0.654. The Morgan fingerprint density at radius 1 is 1.38 bits per heavy atom. The summed E-state index contributed by atoms with van der Waals surface area (Å²) in [6.07, 6.45) is 0.609. The van der Waals surface area contributed by atoms with Crippen molar-refractivity contribution in [3.63, 3.8) is 0 Å². The predicted octanol–water partition coefficient (Wildman–Crippen LogP) is 1.13. The van der Waals surface area contributed by atoms with Crippen molar-refractivity contribution >= 4 is 18.1 Å². The second-order valence-electron chi connectivity index (χ2n) is 4.20. The number of anilines is 1. The van der Waals surface area contributed by atoms with E-state index in [1.807, 2.05) is 0 Å². The van der Waals surface area contributed by atoms with E-state index in [1.54, 1.807) is 24.3 Å². The minimum atomic E-state index is -0.506. The van der Waals surface area contributed by atoms with E-state index in [2.05, 4.69) is 9.84 Å². The fourth-order valence-electron chi connectivity index (χ4n) is 1.95. The van der Waals surface area contributed by atoms with Crippen molar-refractivity contribution in [2.75, 3.05) is 20.0 Å². The molecule has 0 aliphatic carbocycles. The maximum Gasteiger partial charge on any atom is 0.327 e. The summed E-state index contributed by atoms with van der Waals surface area (Å²) in [6.45, 7) is -0.168. The predicted molar refractivity (Wildman–Crippen MR) is 76.0 cm³/mol. The van der Waals surface area contributed by atoms with Crippen LogP contribution in [0.25, 0.3) is 11.3 Å². The van der Waals surface area contributed by atoms with Crippen molar-refractivity contribution < 1.29 is 19.1 Å². The molecule has 0 fully saturated rings. The number of nitrogens with two attached hydrogens (primary N) is 1. The first-order valence-corrected chi connectivity index (χ1v) is 6.14. The molecule has 110 valence electrons. The Morgan fingerprint density at radius 2 is 2.10 bits per heavy atom. The van der Waals surface area contributed by atoms with Crippen LogP contribution < -0.4 is 10.5 Å². The van der Waals surface area contributed by atoms with Crippen LogP contribution in [0.2, 0.25) is 0 Å². The second-order valence-corrected chi connectivity index (χ2v) is 4.20. The summed E-state index contributed by atoms with van der Waals surface area (Å²) in [4.78, 5) is 22.6. The van der Waals surface area contributed by atoms with Gasteiger partial charge in [-0.05, 0) is 12.1 Å². The number of carbonyl (C=O) groups excluding carboxylic acids is 2. The average Bonchev–Trinajstić information content (AvgIpc) is 2.83. The Balaban J connectivity index is 2.56. The van der Waals surface area contributed by atoms with Gasteiger partial charge < -0.3 is 15.2 Å². The van der Waals surface area contributed by atoms with Crippen molar-refractivity contribution in [2.45, 2.75) is 6.54 Å². The maximum atomic E-state index is 11.4. The van der Waals surface area contributed by atoms with Crippen molar-refractivity contribution in [2.24, 2.45) is 0 Å². The average molecular weight is 289 g/mol. The number of nitrogens with zero attached hydrogens (tertiary/aromatic N) is 2. The molecule has 7 heteroatoms. The van der Waals surface area contributed by atoms with Crippen molar-refractivity contribution in [3.8, 4) is 17.0 Å². The molecule has 7 nitrogen and oxygen atoms in total. The zero-order valence-electron chi connectivity index (χ0n) is 11.7. The van der Waals surface area contributed by atoms with Crippen molar-refractivity contribution in [3.05, 3.63) is 29.8 Å². The molecular formula is C14H15N3O4. The molecule has 0 bridgehead atoms. The second kappa shape index (κ2) is 6.08. The van der Waals surface area contributed by atoms with E-state index in [0.29, 0.717) is 23.3 Å². The van der Waals surface area contributed by atoms with Gasteiger partial charge in [0.2, 0.25) is 0 Å². The summed E-state index contributed by atoms with van der Waals surface area (Å²) in [5, 5.41) is 4.23. The van der Waals surface area contributed by atoms with Gasteiger partial charge in [-0.2, -0.15) is 5.10 Å². The Bertz CT molecular complexity index is 679. The summed E-state index contributed by atoms with van der Waals surface area (Å²) in [5.74, 6) is 0.160. The van der Waals surface area contributed by atoms with Crippen LogP contribution in [0.5, 0.6) is 5.75 Å². The Hall–Kier alpha value is -2.83. The van der Waals surface area contributed by atoms with Crippen molar-refractivity contribution in [1.82, 2.24) is 9.78 Å². The zero-order valence-corrected chi connectivity index (χ0v) is 11.7. The maximum absolute atomic E-state index is 11.4. The van der Waals surface area contributed by atoms with Crippen LogP contribution in [0.4, 0.5) is 5.82 Å². The lowest BCUT2D eigenvalue weighted by atomic mass is 10.1. The first kappa shape index (κ1) is 14.6. The number of benzene rings is 1. The lowest BCUT2D eigenvalue weighted by molar-refractivity contribution is -0.141. The van der Waals surface area contributed by atoms with E-state index in [4.69, 9.17) is 10.5 Å². The van der Waals surface area contributed by atoms with Gasteiger partial charge in [-0.15, -0.1) is 0 Å². The third-order valence-corrected chi connectivity index (χ3v) is 3.02. The van der Waals surface area contributed by atoms with Crippen LogP contribution in [-0.2, 0) is 16.1 Å². The van der Waals surface area contributed by atoms with Crippen LogP contribution in [-0.4, -0.2) is 36.3 Å². The molecule has 1 aromatic heterocycles. The number of aldehydes is 1. The monoisotopic (exact) mass is 289 g/mol. The molecule has 2 rings (SSSR count). The van der Waals surface area contributed by atoms with Gasteiger partial charge in [0.05, 0.1) is 19.8 Å². The van der Waals surface area contributed by atoms with E-state index in [0.717, 1.165) is 0 Å². The molecule has 0 spiro atoms. The minimum Gasteiger partial charge on any atom is -0.496 e. The number of rotatable bonds is 5. The molecule has 0 unspecified atom stereocenters. The molecular weight excluding hydrogens is 274 g/mol. The highest BCUT2D eigenvalue weighted by Gasteiger charge is 2.20. The topological polar surface area (TPSA) is 96.4 Å². The standard InChI is InChI=1S/C14H15N3O4/c1-20-11-6-4-3-5-9(11)13-10(8-18)14(15)17(16-13)7-12(19)21-2/h3-6,8H,7,15H2,1-2H3. The van der Waals surface area contributed by atoms with Gasteiger partial charge >= 0.3 is 5.97 Å². The van der Waals surface area contributed by atoms with Crippen LogP contribution in [0.1, 0.15) is 10.4 Å². The lowest BCUT2D eigenvalue weighted by Gasteiger charge is -2.05. The first-order valence-electron chi connectivity index (χ1n) is 6.14. The van der Waals surface area contributed by atoms with Gasteiger partial charge in [-0.25, -0.2) is 4.68 Å². The number of aromatic nitrogens is 2. The molecule has 21 heavy (non-hydrogen) atoms. The van der Waals surface area contributed by atoms with E-state index < -0.39 is 5.97 Å². The molecule has 0 saturated carbocycles. The van der Waals surface area contributed by atoms with Crippen LogP contribution in [0, 0.1) is 0 Å². The van der Waals surface area contributed by atoms with Gasteiger partial charge in [-0.1, -0.05) is 12.1 Å². The largest absolute Gasteiger partial charge is 0.496 e. The van der Waals surface area contributed by atoms with E-state index >= 15 is 0 Å². The van der Waals surface area contributed by atoms with Gasteiger partial charge in [0.1, 0.15) is 23.8 Å². The SMILES string of the molecule is COC(=O)Cn1nc(-c2ccccc2OC)c(C=O)c1N. The van der Waals surface area contributed by atoms with Gasteiger partial charge in [0.25, 0.3) is 0 Å². The highest BCUT2D eigenvalue weighted by Crippen LogP contribution is 2.32. The molecule has 2 N–H and O–H groups in total. The molecule has 1 heterocycles. The summed E-state index contributed by atoms with van der Waals surface area (Å²) in [7, 11) is 2.79. The van der Waals surface area contributed by atoms with Crippen LogP contribution in [0.15, 0.2) is 24.3 Å². The fourth-order valence-corrected chi connectivity index (χ4v) is 1.95. The van der Waals surface area contributed by atoms with Gasteiger partial charge in [0.15, 0.2) is 6.29 Å². The van der Waals surface area contributed by atoms with Gasteiger partial charge in [-0.3, -0.25) is 9.59 Å².